The van der Waals surface area contributed by atoms with E-state index in [0.717, 1.165) is 21.7 Å². The van der Waals surface area contributed by atoms with Crippen molar-refractivity contribution in [2.24, 2.45) is 0 Å². The van der Waals surface area contributed by atoms with E-state index in [4.69, 9.17) is 4.74 Å². The number of benzene rings is 1. The predicted molar refractivity (Wildman–Crippen MR) is 71.5 cm³/mol. The van der Waals surface area contributed by atoms with Crippen molar-refractivity contribution in [3.8, 4) is 5.75 Å². The fourth-order valence-electron chi connectivity index (χ4n) is 1.69. The first-order chi connectivity index (χ1) is 8.83. The van der Waals surface area contributed by atoms with Gasteiger partial charge in [0, 0.05) is 10.7 Å². The van der Waals surface area contributed by atoms with E-state index < -0.39 is 0 Å². The maximum atomic E-state index is 5.69. The van der Waals surface area contributed by atoms with Crippen LogP contribution < -0.4 is 4.74 Å². The molecule has 18 heavy (non-hydrogen) atoms. The fourth-order valence-corrected chi connectivity index (χ4v) is 2.07. The number of pyridine rings is 1. The number of aromatic nitrogens is 3. The number of nitrogens with zero attached hydrogens (tertiary/aromatic N) is 3. The van der Waals surface area contributed by atoms with E-state index in [2.05, 4.69) is 26.1 Å². The van der Waals surface area contributed by atoms with Crippen molar-refractivity contribution in [3.05, 3.63) is 59.0 Å². The van der Waals surface area contributed by atoms with E-state index in [1.807, 2.05) is 53.1 Å². The van der Waals surface area contributed by atoms with Crippen LogP contribution in [0.2, 0.25) is 0 Å². The monoisotopic (exact) mass is 303 g/mol. The summed E-state index contributed by atoms with van der Waals surface area (Å²) in [5.74, 6) is 1.59. The Bertz CT molecular complexity index is 681. The van der Waals surface area contributed by atoms with Gasteiger partial charge in [-0.15, -0.1) is 10.2 Å². The number of fused-ring (bicyclic) bond motifs is 1. The van der Waals surface area contributed by atoms with Gasteiger partial charge in [-0.3, -0.25) is 4.40 Å². The summed E-state index contributed by atoms with van der Waals surface area (Å²) >= 11 is 3.41. The third kappa shape index (κ3) is 2.22. The molecule has 5 heteroatoms. The summed E-state index contributed by atoms with van der Waals surface area (Å²) in [6, 6.07) is 13.5. The zero-order chi connectivity index (χ0) is 12.4. The molecular weight excluding hydrogens is 294 g/mol. The molecule has 4 nitrogen and oxygen atoms in total. The van der Waals surface area contributed by atoms with Gasteiger partial charge in [0.2, 0.25) is 0 Å². The highest BCUT2D eigenvalue weighted by Gasteiger charge is 2.05. The van der Waals surface area contributed by atoms with Gasteiger partial charge in [-0.25, -0.2) is 0 Å². The summed E-state index contributed by atoms with van der Waals surface area (Å²) in [4.78, 5) is 0. The van der Waals surface area contributed by atoms with Crippen molar-refractivity contribution in [2.45, 2.75) is 6.61 Å². The second-order valence-corrected chi connectivity index (χ2v) is 4.71. The van der Waals surface area contributed by atoms with Crippen LogP contribution in [0.1, 0.15) is 5.82 Å². The van der Waals surface area contributed by atoms with E-state index in [0.29, 0.717) is 6.61 Å². The van der Waals surface area contributed by atoms with Gasteiger partial charge in [-0.1, -0.05) is 28.1 Å². The van der Waals surface area contributed by atoms with Crippen LogP contribution in [0.5, 0.6) is 5.75 Å². The van der Waals surface area contributed by atoms with Crippen LogP contribution in [-0.2, 0) is 6.61 Å². The molecule has 0 atom stereocenters. The molecule has 0 aliphatic carbocycles. The molecule has 2 heterocycles. The second-order valence-electron chi connectivity index (χ2n) is 3.79. The number of hydrogen-bond acceptors (Lipinski definition) is 3. The molecule has 0 aliphatic heterocycles. The molecule has 0 radical (unpaired) electrons. The molecule has 0 spiro atoms. The molecule has 0 saturated carbocycles. The third-order valence-electron chi connectivity index (χ3n) is 2.55. The first-order valence-corrected chi connectivity index (χ1v) is 6.29. The highest BCUT2D eigenvalue weighted by atomic mass is 79.9. The van der Waals surface area contributed by atoms with Crippen LogP contribution >= 0.6 is 15.9 Å². The molecule has 3 aromatic rings. The van der Waals surface area contributed by atoms with Crippen molar-refractivity contribution < 1.29 is 4.74 Å². The van der Waals surface area contributed by atoms with Crippen LogP contribution in [0.4, 0.5) is 0 Å². The lowest BCUT2D eigenvalue weighted by Gasteiger charge is -2.05. The van der Waals surface area contributed by atoms with Crippen LogP contribution in [0.3, 0.4) is 0 Å². The number of rotatable bonds is 3. The molecule has 0 saturated heterocycles. The molecule has 1 aromatic carbocycles. The van der Waals surface area contributed by atoms with Crippen molar-refractivity contribution >= 4 is 21.6 Å². The lowest BCUT2D eigenvalue weighted by molar-refractivity contribution is 0.294. The van der Waals surface area contributed by atoms with Crippen molar-refractivity contribution in [1.29, 1.82) is 0 Å². The Hall–Kier alpha value is -1.88. The Balaban J connectivity index is 1.81. The lowest BCUT2D eigenvalue weighted by Crippen LogP contribution is -2.01. The summed E-state index contributed by atoms with van der Waals surface area (Å²) in [5, 5.41) is 8.18. The molecule has 3 rings (SSSR count). The highest BCUT2D eigenvalue weighted by Crippen LogP contribution is 2.18. The van der Waals surface area contributed by atoms with Crippen LogP contribution in [0.15, 0.2) is 53.1 Å². The quantitative estimate of drug-likeness (QED) is 0.746. The predicted octanol–water partition coefficient (Wildman–Crippen LogP) is 3.07. The lowest BCUT2D eigenvalue weighted by atomic mass is 10.3. The van der Waals surface area contributed by atoms with E-state index in [1.54, 1.807) is 0 Å². The fraction of sp³-hybridized carbons (Fsp3) is 0.0769. The Morgan fingerprint density at radius 3 is 2.94 bits per heavy atom. The second kappa shape index (κ2) is 4.78. The van der Waals surface area contributed by atoms with Gasteiger partial charge < -0.3 is 4.74 Å². The van der Waals surface area contributed by atoms with Crippen molar-refractivity contribution in [1.82, 2.24) is 14.6 Å². The minimum Gasteiger partial charge on any atom is -0.486 e. The highest BCUT2D eigenvalue weighted by molar-refractivity contribution is 9.10. The average Bonchev–Trinajstić information content (AvgIpc) is 2.80. The first-order valence-electron chi connectivity index (χ1n) is 5.50. The van der Waals surface area contributed by atoms with Crippen LogP contribution in [-0.4, -0.2) is 14.6 Å². The Morgan fingerprint density at radius 1 is 1.11 bits per heavy atom. The van der Waals surface area contributed by atoms with Gasteiger partial charge in [0.1, 0.15) is 12.4 Å². The maximum absolute atomic E-state index is 5.69. The third-order valence-corrected chi connectivity index (χ3v) is 3.04. The minimum absolute atomic E-state index is 0.391. The number of hydrogen-bond donors (Lipinski definition) is 0. The summed E-state index contributed by atoms with van der Waals surface area (Å²) in [6.45, 7) is 0.391. The Morgan fingerprint density at radius 2 is 2.06 bits per heavy atom. The van der Waals surface area contributed by atoms with E-state index in [1.165, 1.54) is 0 Å². The zero-order valence-electron chi connectivity index (χ0n) is 9.45. The zero-order valence-corrected chi connectivity index (χ0v) is 11.0. The summed E-state index contributed by atoms with van der Waals surface area (Å²) in [5.41, 5.74) is 0.824. The molecule has 0 N–H and O–H groups in total. The molecule has 0 aliphatic rings. The first kappa shape index (κ1) is 11.2. The minimum atomic E-state index is 0.391. The van der Waals surface area contributed by atoms with Crippen LogP contribution in [0.25, 0.3) is 5.65 Å². The molecule has 0 unspecified atom stereocenters. The smallest absolute Gasteiger partial charge is 0.175 e. The summed E-state index contributed by atoms with van der Waals surface area (Å²) in [6.07, 6.45) is 1.93. The van der Waals surface area contributed by atoms with E-state index in [9.17, 15) is 0 Å². The summed E-state index contributed by atoms with van der Waals surface area (Å²) in [7, 11) is 0. The SMILES string of the molecule is Brc1cccc(OCc2nnc3ccccn23)c1. The molecule has 0 bridgehead atoms. The largest absolute Gasteiger partial charge is 0.486 e. The van der Waals surface area contributed by atoms with Gasteiger partial charge >= 0.3 is 0 Å². The van der Waals surface area contributed by atoms with Crippen molar-refractivity contribution in [3.63, 3.8) is 0 Å². The van der Waals surface area contributed by atoms with Gasteiger partial charge in [-0.2, -0.15) is 0 Å². The standard InChI is InChI=1S/C13H10BrN3O/c14-10-4-3-5-11(8-10)18-9-13-16-15-12-6-1-2-7-17(12)13/h1-8H,9H2. The van der Waals surface area contributed by atoms with Crippen LogP contribution in [0, 0.1) is 0 Å². The number of halogens is 1. The van der Waals surface area contributed by atoms with Gasteiger partial charge in [0.25, 0.3) is 0 Å². The normalized spacial score (nSPS) is 10.7. The van der Waals surface area contributed by atoms with Gasteiger partial charge in [0.15, 0.2) is 11.5 Å². The average molecular weight is 304 g/mol. The maximum Gasteiger partial charge on any atom is 0.175 e. The topological polar surface area (TPSA) is 39.4 Å². The molecular formula is C13H10BrN3O. The van der Waals surface area contributed by atoms with Gasteiger partial charge in [-0.05, 0) is 30.3 Å². The Kier molecular flexibility index (Phi) is 2.98. The van der Waals surface area contributed by atoms with Crippen molar-refractivity contribution in [2.75, 3.05) is 0 Å². The molecule has 90 valence electrons. The van der Waals surface area contributed by atoms with E-state index >= 15 is 0 Å². The number of ether oxygens (including phenoxy) is 1. The molecule has 2 aromatic heterocycles. The molecule has 0 fully saturated rings. The molecule has 0 amide bonds. The Labute approximate surface area is 112 Å². The summed E-state index contributed by atoms with van der Waals surface area (Å²) < 4.78 is 8.59. The van der Waals surface area contributed by atoms with E-state index in [-0.39, 0.29) is 0 Å². The van der Waals surface area contributed by atoms with Gasteiger partial charge in [0.05, 0.1) is 0 Å².